The molecule has 0 heterocycles. The molecule has 1 atom stereocenters. The van der Waals surface area contributed by atoms with Gasteiger partial charge < -0.3 is 9.84 Å². The van der Waals surface area contributed by atoms with Crippen LogP contribution in [0.1, 0.15) is 26.7 Å². The Kier molecular flexibility index (Phi) is 4.94. The SMILES string of the molecule is CCC(O)CCOC(C)=O. The number of aliphatic hydroxyl groups excluding tert-OH is 1. The van der Waals surface area contributed by atoms with Crippen LogP contribution in [0.4, 0.5) is 0 Å². The zero-order valence-corrected chi connectivity index (χ0v) is 6.46. The van der Waals surface area contributed by atoms with Crippen LogP contribution >= 0.6 is 0 Å². The summed E-state index contributed by atoms with van der Waals surface area (Å²) in [7, 11) is 0. The number of ether oxygens (including phenoxy) is 1. The van der Waals surface area contributed by atoms with Gasteiger partial charge >= 0.3 is 5.97 Å². The number of hydrogen-bond donors (Lipinski definition) is 1. The van der Waals surface area contributed by atoms with Crippen LogP contribution in [0.15, 0.2) is 0 Å². The summed E-state index contributed by atoms with van der Waals surface area (Å²) >= 11 is 0. The van der Waals surface area contributed by atoms with E-state index in [0.717, 1.165) is 0 Å². The number of hydrogen-bond acceptors (Lipinski definition) is 3. The summed E-state index contributed by atoms with van der Waals surface area (Å²) < 4.78 is 4.62. The molecular weight excluding hydrogens is 132 g/mol. The molecule has 0 saturated heterocycles. The lowest BCUT2D eigenvalue weighted by Gasteiger charge is -2.06. The standard InChI is InChI=1S/C7H14O3/c1-3-7(9)4-5-10-6(2)8/h7,9H,3-5H2,1-2H3. The maximum absolute atomic E-state index is 10.2. The molecule has 0 aliphatic heterocycles. The van der Waals surface area contributed by atoms with Crippen LogP contribution in [-0.2, 0) is 9.53 Å². The largest absolute Gasteiger partial charge is 0.466 e. The van der Waals surface area contributed by atoms with Crippen molar-refractivity contribution in [3.63, 3.8) is 0 Å². The first-order chi connectivity index (χ1) is 4.66. The van der Waals surface area contributed by atoms with Gasteiger partial charge in [0.15, 0.2) is 0 Å². The highest BCUT2D eigenvalue weighted by molar-refractivity contribution is 5.65. The fraction of sp³-hybridized carbons (Fsp3) is 0.857. The van der Waals surface area contributed by atoms with Crippen molar-refractivity contribution in [1.82, 2.24) is 0 Å². The highest BCUT2D eigenvalue weighted by Crippen LogP contribution is 1.96. The highest BCUT2D eigenvalue weighted by Gasteiger charge is 2.00. The number of carbonyl (C=O) groups is 1. The molecule has 0 rings (SSSR count). The van der Waals surface area contributed by atoms with Gasteiger partial charge in [0, 0.05) is 13.3 Å². The summed E-state index contributed by atoms with van der Waals surface area (Å²) in [4.78, 5) is 10.2. The number of esters is 1. The predicted molar refractivity (Wildman–Crippen MR) is 37.5 cm³/mol. The minimum absolute atomic E-state index is 0.289. The van der Waals surface area contributed by atoms with Gasteiger partial charge in [0.05, 0.1) is 12.7 Å². The van der Waals surface area contributed by atoms with Crippen molar-refractivity contribution in [3.05, 3.63) is 0 Å². The van der Waals surface area contributed by atoms with Crippen LogP contribution in [0.25, 0.3) is 0 Å². The Morgan fingerprint density at radius 3 is 2.70 bits per heavy atom. The fourth-order valence-electron chi connectivity index (χ4n) is 0.543. The van der Waals surface area contributed by atoms with Crippen LogP contribution in [0, 0.1) is 0 Å². The normalized spacial score (nSPS) is 12.7. The third-order valence-corrected chi connectivity index (χ3v) is 1.23. The van der Waals surface area contributed by atoms with E-state index in [2.05, 4.69) is 4.74 Å². The van der Waals surface area contributed by atoms with Crippen LogP contribution < -0.4 is 0 Å². The molecule has 10 heavy (non-hydrogen) atoms. The zero-order valence-electron chi connectivity index (χ0n) is 6.46. The maximum atomic E-state index is 10.2. The van der Waals surface area contributed by atoms with Crippen LogP contribution in [0.3, 0.4) is 0 Å². The van der Waals surface area contributed by atoms with Gasteiger partial charge in [-0.15, -0.1) is 0 Å². The van der Waals surface area contributed by atoms with E-state index >= 15 is 0 Å². The van der Waals surface area contributed by atoms with Crippen LogP contribution in [0.5, 0.6) is 0 Å². The van der Waals surface area contributed by atoms with E-state index in [1.165, 1.54) is 6.92 Å². The van der Waals surface area contributed by atoms with E-state index < -0.39 is 0 Å². The lowest BCUT2D eigenvalue weighted by molar-refractivity contribution is -0.141. The van der Waals surface area contributed by atoms with Crippen molar-refractivity contribution in [2.45, 2.75) is 32.8 Å². The van der Waals surface area contributed by atoms with Gasteiger partial charge in [-0.25, -0.2) is 0 Å². The molecule has 0 bridgehead atoms. The lowest BCUT2D eigenvalue weighted by Crippen LogP contribution is -2.10. The molecule has 0 aliphatic carbocycles. The topological polar surface area (TPSA) is 46.5 Å². The third-order valence-electron chi connectivity index (χ3n) is 1.23. The summed E-state index contributed by atoms with van der Waals surface area (Å²) in [5.41, 5.74) is 0. The van der Waals surface area contributed by atoms with Gasteiger partial charge in [0.1, 0.15) is 0 Å². The van der Waals surface area contributed by atoms with Crippen molar-refractivity contribution in [2.24, 2.45) is 0 Å². The van der Waals surface area contributed by atoms with Gasteiger partial charge in [-0.1, -0.05) is 6.92 Å². The molecule has 0 saturated carbocycles. The first kappa shape index (κ1) is 9.43. The fourth-order valence-corrected chi connectivity index (χ4v) is 0.543. The molecule has 0 aromatic rings. The van der Waals surface area contributed by atoms with Crippen molar-refractivity contribution in [1.29, 1.82) is 0 Å². The molecule has 60 valence electrons. The molecule has 1 unspecified atom stereocenters. The monoisotopic (exact) mass is 146 g/mol. The molecule has 3 heteroatoms. The molecule has 3 nitrogen and oxygen atoms in total. The molecule has 1 N–H and O–H groups in total. The van der Waals surface area contributed by atoms with E-state index in [9.17, 15) is 4.79 Å². The van der Waals surface area contributed by atoms with Gasteiger partial charge in [0.2, 0.25) is 0 Å². The van der Waals surface area contributed by atoms with E-state index in [4.69, 9.17) is 5.11 Å². The Morgan fingerprint density at radius 1 is 1.70 bits per heavy atom. The predicted octanol–water partition coefficient (Wildman–Crippen LogP) is 0.710. The van der Waals surface area contributed by atoms with E-state index in [1.807, 2.05) is 6.92 Å². The first-order valence-corrected chi connectivity index (χ1v) is 3.48. The lowest BCUT2D eigenvalue weighted by atomic mass is 10.2. The number of carbonyl (C=O) groups excluding carboxylic acids is 1. The van der Waals surface area contributed by atoms with Crippen LogP contribution in [0.2, 0.25) is 0 Å². The Labute approximate surface area is 61.0 Å². The maximum Gasteiger partial charge on any atom is 0.302 e. The summed E-state index contributed by atoms with van der Waals surface area (Å²) in [6.07, 6.45) is 0.913. The second kappa shape index (κ2) is 5.23. The average Bonchev–Trinajstić information content (AvgIpc) is 1.87. The number of aliphatic hydroxyl groups is 1. The molecular formula is C7H14O3. The van der Waals surface area contributed by atoms with Crippen molar-refractivity contribution < 1.29 is 14.6 Å². The summed E-state index contributed by atoms with van der Waals surface area (Å²) in [5, 5.41) is 8.98. The van der Waals surface area contributed by atoms with E-state index in [-0.39, 0.29) is 12.1 Å². The molecule has 0 spiro atoms. The smallest absolute Gasteiger partial charge is 0.302 e. The summed E-state index contributed by atoms with van der Waals surface area (Å²) in [6, 6.07) is 0. The van der Waals surface area contributed by atoms with Crippen LogP contribution in [-0.4, -0.2) is 23.8 Å². The van der Waals surface area contributed by atoms with Gasteiger partial charge in [-0.3, -0.25) is 4.79 Å². The minimum atomic E-state index is -0.334. The molecule has 0 aliphatic rings. The Balaban J connectivity index is 3.11. The second-order valence-corrected chi connectivity index (χ2v) is 2.19. The molecule has 0 aromatic carbocycles. The number of rotatable bonds is 4. The zero-order chi connectivity index (χ0) is 7.98. The van der Waals surface area contributed by atoms with E-state index in [1.54, 1.807) is 0 Å². The van der Waals surface area contributed by atoms with Crippen molar-refractivity contribution in [2.75, 3.05) is 6.61 Å². The summed E-state index contributed by atoms with van der Waals surface area (Å²) in [6.45, 7) is 3.57. The molecule has 0 amide bonds. The average molecular weight is 146 g/mol. The van der Waals surface area contributed by atoms with Crippen molar-refractivity contribution in [3.8, 4) is 0 Å². The highest BCUT2D eigenvalue weighted by atomic mass is 16.5. The second-order valence-electron chi connectivity index (χ2n) is 2.19. The van der Waals surface area contributed by atoms with Crippen molar-refractivity contribution >= 4 is 5.97 Å². The Morgan fingerprint density at radius 2 is 2.30 bits per heavy atom. The van der Waals surface area contributed by atoms with Gasteiger partial charge in [-0.2, -0.15) is 0 Å². The molecule has 0 radical (unpaired) electrons. The Hall–Kier alpha value is -0.570. The molecule has 0 fully saturated rings. The Bertz CT molecular complexity index is 101. The third kappa shape index (κ3) is 5.56. The summed E-state index contributed by atoms with van der Waals surface area (Å²) in [5.74, 6) is -0.289. The van der Waals surface area contributed by atoms with E-state index in [0.29, 0.717) is 19.4 Å². The quantitative estimate of drug-likeness (QED) is 0.594. The van der Waals surface area contributed by atoms with Gasteiger partial charge in [0.25, 0.3) is 0 Å². The minimum Gasteiger partial charge on any atom is -0.466 e. The molecule has 0 aromatic heterocycles. The first-order valence-electron chi connectivity index (χ1n) is 3.48. The van der Waals surface area contributed by atoms with Gasteiger partial charge in [-0.05, 0) is 6.42 Å².